The molecule has 0 aromatic carbocycles. The highest BCUT2D eigenvalue weighted by atomic mass is 19.1. The van der Waals surface area contributed by atoms with Crippen molar-refractivity contribution in [3.05, 3.63) is 0 Å². The van der Waals surface area contributed by atoms with Gasteiger partial charge in [0.05, 0.1) is 0 Å². The minimum atomic E-state index is -0.809. The van der Waals surface area contributed by atoms with Crippen LogP contribution in [-0.4, -0.2) is 12.2 Å². The number of hydrogen-bond donors (Lipinski definition) is 1. The Hall–Kier alpha value is -0.110. The van der Waals surface area contributed by atoms with Crippen molar-refractivity contribution in [3.8, 4) is 0 Å². The average molecular weight is 201 g/mol. The zero-order chi connectivity index (χ0) is 11.1. The van der Waals surface area contributed by atoms with Gasteiger partial charge in [0.1, 0.15) is 6.17 Å². The van der Waals surface area contributed by atoms with Gasteiger partial charge in [-0.15, -0.1) is 0 Å². The van der Waals surface area contributed by atoms with E-state index in [4.69, 9.17) is 5.73 Å². The topological polar surface area (TPSA) is 26.0 Å². The van der Waals surface area contributed by atoms with Gasteiger partial charge in [0, 0.05) is 6.04 Å². The fourth-order valence-electron chi connectivity index (χ4n) is 3.46. The van der Waals surface area contributed by atoms with Crippen LogP contribution in [0.15, 0.2) is 0 Å². The maximum absolute atomic E-state index is 13.6. The van der Waals surface area contributed by atoms with Gasteiger partial charge in [0.2, 0.25) is 0 Å². The van der Waals surface area contributed by atoms with E-state index in [0.29, 0.717) is 12.3 Å². The van der Waals surface area contributed by atoms with Crippen molar-refractivity contribution < 1.29 is 4.39 Å². The molecule has 1 fully saturated rings. The summed E-state index contributed by atoms with van der Waals surface area (Å²) in [6, 6.07) is -0.289. The molecule has 2 unspecified atom stereocenters. The van der Waals surface area contributed by atoms with Crippen LogP contribution in [-0.2, 0) is 0 Å². The molecule has 0 radical (unpaired) electrons. The van der Waals surface area contributed by atoms with E-state index in [1.165, 1.54) is 0 Å². The Bertz CT molecular complexity index is 207. The molecule has 0 heterocycles. The van der Waals surface area contributed by atoms with E-state index in [-0.39, 0.29) is 16.9 Å². The molecule has 84 valence electrons. The molecule has 0 aliphatic heterocycles. The van der Waals surface area contributed by atoms with E-state index < -0.39 is 6.17 Å². The molecular weight excluding hydrogens is 177 g/mol. The van der Waals surface area contributed by atoms with Crippen LogP contribution in [0.2, 0.25) is 0 Å². The minimum absolute atomic E-state index is 0.0353. The van der Waals surface area contributed by atoms with Crippen LogP contribution < -0.4 is 5.73 Å². The first-order valence-corrected chi connectivity index (χ1v) is 5.63. The molecule has 2 heteroatoms. The zero-order valence-electron chi connectivity index (χ0n) is 10.1. The first kappa shape index (κ1) is 12.0. The standard InChI is InChI=1S/C12H24FN/c1-8(2)12(11(3,4)5)7-6-9(13)10(12)14/h8-10H,6-7,14H2,1-5H3/t9?,10-,12?/m1/s1. The van der Waals surface area contributed by atoms with E-state index in [1.807, 2.05) is 0 Å². The van der Waals surface area contributed by atoms with E-state index in [0.717, 1.165) is 6.42 Å². The predicted octanol–water partition coefficient (Wildman–Crippen LogP) is 3.13. The van der Waals surface area contributed by atoms with Crippen molar-refractivity contribution in [1.29, 1.82) is 0 Å². The largest absolute Gasteiger partial charge is 0.325 e. The lowest BCUT2D eigenvalue weighted by molar-refractivity contribution is 0.0116. The second kappa shape index (κ2) is 3.48. The molecule has 1 rings (SSSR count). The number of rotatable bonds is 1. The third-order valence-electron chi connectivity index (χ3n) is 4.24. The molecule has 3 atom stereocenters. The molecule has 0 amide bonds. The van der Waals surface area contributed by atoms with Gasteiger partial charge in [0.15, 0.2) is 0 Å². The number of nitrogens with two attached hydrogens (primary N) is 1. The highest BCUT2D eigenvalue weighted by Gasteiger charge is 2.55. The Kier molecular flexibility index (Phi) is 2.97. The highest BCUT2D eigenvalue weighted by molar-refractivity contribution is 5.07. The van der Waals surface area contributed by atoms with Gasteiger partial charge in [-0.2, -0.15) is 0 Å². The molecule has 0 aromatic rings. The predicted molar refractivity (Wildman–Crippen MR) is 58.8 cm³/mol. The van der Waals surface area contributed by atoms with E-state index in [9.17, 15) is 4.39 Å². The third kappa shape index (κ3) is 1.48. The van der Waals surface area contributed by atoms with E-state index in [2.05, 4.69) is 34.6 Å². The van der Waals surface area contributed by atoms with Gasteiger partial charge in [-0.25, -0.2) is 4.39 Å². The van der Waals surface area contributed by atoms with Crippen molar-refractivity contribution in [2.24, 2.45) is 22.5 Å². The molecule has 1 nitrogen and oxygen atoms in total. The third-order valence-corrected chi connectivity index (χ3v) is 4.24. The van der Waals surface area contributed by atoms with Crippen LogP contribution in [0.25, 0.3) is 0 Å². The first-order valence-electron chi connectivity index (χ1n) is 5.63. The van der Waals surface area contributed by atoms with Gasteiger partial charge < -0.3 is 5.73 Å². The zero-order valence-corrected chi connectivity index (χ0v) is 10.1. The lowest BCUT2D eigenvalue weighted by atomic mass is 9.58. The summed E-state index contributed by atoms with van der Waals surface area (Å²) in [5.74, 6) is 0.443. The van der Waals surface area contributed by atoms with Crippen LogP contribution in [0.3, 0.4) is 0 Å². The molecular formula is C12H24FN. The van der Waals surface area contributed by atoms with Crippen LogP contribution in [0, 0.1) is 16.7 Å². The quantitative estimate of drug-likeness (QED) is 0.693. The molecule has 2 N–H and O–H groups in total. The summed E-state index contributed by atoms with van der Waals surface area (Å²) in [6.07, 6.45) is 0.754. The maximum atomic E-state index is 13.6. The van der Waals surface area contributed by atoms with Gasteiger partial charge in [-0.1, -0.05) is 34.6 Å². The summed E-state index contributed by atoms with van der Waals surface area (Å²) in [5, 5.41) is 0. The van der Waals surface area contributed by atoms with E-state index >= 15 is 0 Å². The normalized spacial score (nSPS) is 39.4. The van der Waals surface area contributed by atoms with Crippen molar-refractivity contribution in [1.82, 2.24) is 0 Å². The van der Waals surface area contributed by atoms with Crippen molar-refractivity contribution in [3.63, 3.8) is 0 Å². The molecule has 1 aliphatic rings. The van der Waals surface area contributed by atoms with Crippen LogP contribution in [0.5, 0.6) is 0 Å². The average Bonchev–Trinajstić information content (AvgIpc) is 2.28. The molecule has 0 bridgehead atoms. The maximum Gasteiger partial charge on any atom is 0.116 e. The molecule has 0 spiro atoms. The Labute approximate surface area is 87.3 Å². The summed E-state index contributed by atoms with van der Waals surface area (Å²) in [6.45, 7) is 10.9. The highest BCUT2D eigenvalue weighted by Crippen LogP contribution is 2.55. The molecule has 1 aliphatic carbocycles. The summed E-state index contributed by atoms with van der Waals surface area (Å²) in [7, 11) is 0. The van der Waals surface area contributed by atoms with Crippen LogP contribution >= 0.6 is 0 Å². The lowest BCUT2D eigenvalue weighted by Gasteiger charge is -2.48. The monoisotopic (exact) mass is 201 g/mol. The Morgan fingerprint density at radius 1 is 1.36 bits per heavy atom. The number of alkyl halides is 1. The Morgan fingerprint density at radius 3 is 2.00 bits per heavy atom. The Balaban J connectivity index is 3.07. The van der Waals surface area contributed by atoms with Crippen molar-refractivity contribution >= 4 is 0 Å². The molecule has 1 saturated carbocycles. The van der Waals surface area contributed by atoms with E-state index in [1.54, 1.807) is 0 Å². The van der Waals surface area contributed by atoms with Crippen LogP contribution in [0.4, 0.5) is 4.39 Å². The smallest absolute Gasteiger partial charge is 0.116 e. The molecule has 0 saturated heterocycles. The lowest BCUT2D eigenvalue weighted by Crippen LogP contribution is -2.52. The second-order valence-electron chi connectivity index (χ2n) is 6.03. The summed E-state index contributed by atoms with van der Waals surface area (Å²) >= 11 is 0. The van der Waals surface area contributed by atoms with Crippen molar-refractivity contribution in [2.75, 3.05) is 0 Å². The van der Waals surface area contributed by atoms with Crippen molar-refractivity contribution in [2.45, 2.75) is 59.7 Å². The summed E-state index contributed by atoms with van der Waals surface area (Å²) in [5.41, 5.74) is 6.12. The minimum Gasteiger partial charge on any atom is -0.325 e. The fraction of sp³-hybridized carbons (Fsp3) is 1.00. The SMILES string of the molecule is CC(C)C1(C(C)(C)C)CCC(F)[C@H]1N. The first-order chi connectivity index (χ1) is 6.23. The molecule has 14 heavy (non-hydrogen) atoms. The fourth-order valence-corrected chi connectivity index (χ4v) is 3.46. The summed E-state index contributed by atoms with van der Waals surface area (Å²) in [4.78, 5) is 0. The number of halogens is 1. The van der Waals surface area contributed by atoms with Gasteiger partial charge in [0.25, 0.3) is 0 Å². The second-order valence-corrected chi connectivity index (χ2v) is 6.03. The van der Waals surface area contributed by atoms with Gasteiger partial charge in [-0.3, -0.25) is 0 Å². The van der Waals surface area contributed by atoms with Gasteiger partial charge >= 0.3 is 0 Å². The van der Waals surface area contributed by atoms with Crippen LogP contribution in [0.1, 0.15) is 47.5 Å². The Morgan fingerprint density at radius 2 is 1.86 bits per heavy atom. The summed E-state index contributed by atoms with van der Waals surface area (Å²) < 4.78 is 13.6. The molecule has 0 aromatic heterocycles. The van der Waals surface area contributed by atoms with Gasteiger partial charge in [-0.05, 0) is 29.6 Å². The number of hydrogen-bond acceptors (Lipinski definition) is 1.